The molecule has 3 rings (SSSR count). The Bertz CT molecular complexity index is 338. The fourth-order valence-electron chi connectivity index (χ4n) is 3.22. The van der Waals surface area contributed by atoms with Crippen molar-refractivity contribution in [1.82, 2.24) is 10.2 Å². The van der Waals surface area contributed by atoms with Gasteiger partial charge in [0.05, 0.1) is 0 Å². The van der Waals surface area contributed by atoms with Crippen molar-refractivity contribution in [2.24, 2.45) is 11.8 Å². The predicted molar refractivity (Wildman–Crippen MR) is 63.2 cm³/mol. The second-order valence-corrected chi connectivity index (χ2v) is 5.67. The van der Waals surface area contributed by atoms with Crippen LogP contribution in [0.4, 0.5) is 0 Å². The average molecular weight is 236 g/mol. The number of hydrogen-bond acceptors (Lipinski definition) is 2. The van der Waals surface area contributed by atoms with Crippen LogP contribution in [-0.2, 0) is 9.59 Å². The second kappa shape index (κ2) is 4.31. The normalized spacial score (nSPS) is 33.6. The van der Waals surface area contributed by atoms with Crippen molar-refractivity contribution in [3.8, 4) is 0 Å². The van der Waals surface area contributed by atoms with Gasteiger partial charge in [-0.2, -0.15) is 0 Å². The SMILES string of the molecule is O=C1CCC2CN(C(=O)C3CCC3)CCC2N1. The number of carbonyl (C=O) groups excluding carboxylic acids is 2. The summed E-state index contributed by atoms with van der Waals surface area (Å²) in [5.74, 6) is 1.35. The summed E-state index contributed by atoms with van der Waals surface area (Å²) in [5, 5.41) is 3.06. The van der Waals surface area contributed by atoms with Crippen LogP contribution in [-0.4, -0.2) is 35.8 Å². The molecule has 3 aliphatic rings. The topological polar surface area (TPSA) is 49.4 Å². The lowest BCUT2D eigenvalue weighted by Crippen LogP contribution is -2.56. The Hall–Kier alpha value is -1.06. The Labute approximate surface area is 102 Å². The van der Waals surface area contributed by atoms with E-state index in [0.717, 1.165) is 38.8 Å². The molecule has 1 aliphatic carbocycles. The molecule has 2 atom stereocenters. The summed E-state index contributed by atoms with van der Waals surface area (Å²) in [5.41, 5.74) is 0. The first kappa shape index (κ1) is 11.1. The maximum Gasteiger partial charge on any atom is 0.225 e. The molecule has 1 saturated carbocycles. The molecule has 0 aromatic carbocycles. The molecule has 4 nitrogen and oxygen atoms in total. The summed E-state index contributed by atoms with van der Waals surface area (Å²) in [6.45, 7) is 1.69. The van der Waals surface area contributed by atoms with E-state index in [-0.39, 0.29) is 5.91 Å². The van der Waals surface area contributed by atoms with Crippen LogP contribution in [0.2, 0.25) is 0 Å². The third-order valence-corrected chi connectivity index (χ3v) is 4.59. The number of carbonyl (C=O) groups is 2. The number of nitrogens with one attached hydrogen (secondary N) is 1. The zero-order valence-electron chi connectivity index (χ0n) is 10.2. The summed E-state index contributed by atoms with van der Waals surface area (Å²) >= 11 is 0. The van der Waals surface area contributed by atoms with Crippen molar-refractivity contribution in [2.45, 2.75) is 44.6 Å². The highest BCUT2D eigenvalue weighted by Crippen LogP contribution is 2.31. The van der Waals surface area contributed by atoms with Crippen molar-refractivity contribution < 1.29 is 9.59 Å². The Morgan fingerprint density at radius 1 is 1.24 bits per heavy atom. The van der Waals surface area contributed by atoms with Gasteiger partial charge in [-0.3, -0.25) is 9.59 Å². The number of likely N-dealkylation sites (tertiary alicyclic amines) is 1. The largest absolute Gasteiger partial charge is 0.353 e. The summed E-state index contributed by atoms with van der Waals surface area (Å²) in [4.78, 5) is 25.5. The van der Waals surface area contributed by atoms with E-state index in [1.54, 1.807) is 0 Å². The van der Waals surface area contributed by atoms with Gasteiger partial charge in [0.1, 0.15) is 0 Å². The van der Waals surface area contributed by atoms with Gasteiger partial charge in [-0.05, 0) is 31.6 Å². The molecular weight excluding hydrogens is 216 g/mol. The van der Waals surface area contributed by atoms with Gasteiger partial charge in [-0.1, -0.05) is 6.42 Å². The standard InChI is InChI=1S/C13H20N2O2/c16-12-5-4-10-8-15(7-6-11(10)14-12)13(17)9-2-1-3-9/h9-11H,1-8H2,(H,14,16). The van der Waals surface area contributed by atoms with Crippen LogP contribution < -0.4 is 5.32 Å². The lowest BCUT2D eigenvalue weighted by Gasteiger charge is -2.43. The molecule has 2 saturated heterocycles. The average Bonchev–Trinajstić information content (AvgIpc) is 2.26. The van der Waals surface area contributed by atoms with E-state index in [9.17, 15) is 9.59 Å². The molecule has 1 N–H and O–H groups in total. The van der Waals surface area contributed by atoms with Gasteiger partial charge < -0.3 is 10.2 Å². The molecule has 0 radical (unpaired) electrons. The van der Waals surface area contributed by atoms with E-state index in [2.05, 4.69) is 5.32 Å². The second-order valence-electron chi connectivity index (χ2n) is 5.67. The molecule has 0 aromatic rings. The van der Waals surface area contributed by atoms with Crippen LogP contribution in [0.15, 0.2) is 0 Å². The third-order valence-electron chi connectivity index (χ3n) is 4.59. The van der Waals surface area contributed by atoms with Crippen LogP contribution in [0.3, 0.4) is 0 Å². The van der Waals surface area contributed by atoms with Crippen LogP contribution >= 0.6 is 0 Å². The Balaban J connectivity index is 1.60. The van der Waals surface area contributed by atoms with Crippen molar-refractivity contribution in [2.75, 3.05) is 13.1 Å². The molecule has 0 spiro atoms. The summed E-state index contributed by atoms with van der Waals surface area (Å²) in [6.07, 6.45) is 5.90. The van der Waals surface area contributed by atoms with Crippen molar-refractivity contribution in [1.29, 1.82) is 0 Å². The monoisotopic (exact) mass is 236 g/mol. The van der Waals surface area contributed by atoms with E-state index in [0.29, 0.717) is 30.2 Å². The highest BCUT2D eigenvalue weighted by Gasteiger charge is 2.37. The van der Waals surface area contributed by atoms with E-state index in [4.69, 9.17) is 0 Å². The van der Waals surface area contributed by atoms with Crippen molar-refractivity contribution in [3.05, 3.63) is 0 Å². The Kier molecular flexibility index (Phi) is 2.81. The maximum atomic E-state index is 12.2. The van der Waals surface area contributed by atoms with E-state index in [1.165, 1.54) is 6.42 Å². The van der Waals surface area contributed by atoms with Gasteiger partial charge in [0, 0.05) is 31.5 Å². The summed E-state index contributed by atoms with van der Waals surface area (Å²) in [7, 11) is 0. The predicted octanol–water partition coefficient (Wildman–Crippen LogP) is 0.914. The Morgan fingerprint density at radius 2 is 2.06 bits per heavy atom. The van der Waals surface area contributed by atoms with Gasteiger partial charge in [0.2, 0.25) is 11.8 Å². The lowest BCUT2D eigenvalue weighted by atomic mass is 9.81. The molecule has 0 bridgehead atoms. The zero-order chi connectivity index (χ0) is 11.8. The maximum absolute atomic E-state index is 12.2. The number of hydrogen-bond donors (Lipinski definition) is 1. The van der Waals surface area contributed by atoms with Crippen molar-refractivity contribution in [3.63, 3.8) is 0 Å². The van der Waals surface area contributed by atoms with Crippen LogP contribution in [0, 0.1) is 11.8 Å². The van der Waals surface area contributed by atoms with Crippen molar-refractivity contribution >= 4 is 11.8 Å². The van der Waals surface area contributed by atoms with Gasteiger partial charge in [-0.25, -0.2) is 0 Å². The molecular formula is C13H20N2O2. The molecule has 2 unspecified atom stereocenters. The van der Waals surface area contributed by atoms with Gasteiger partial charge >= 0.3 is 0 Å². The third kappa shape index (κ3) is 2.05. The first-order valence-electron chi connectivity index (χ1n) is 6.82. The molecule has 0 aromatic heterocycles. The van der Waals surface area contributed by atoms with E-state index in [1.807, 2.05) is 4.90 Å². The molecule has 3 fully saturated rings. The number of nitrogens with zero attached hydrogens (tertiary/aromatic N) is 1. The van der Waals surface area contributed by atoms with Crippen LogP contribution in [0.1, 0.15) is 38.5 Å². The fourth-order valence-corrected chi connectivity index (χ4v) is 3.22. The molecule has 17 heavy (non-hydrogen) atoms. The lowest BCUT2D eigenvalue weighted by molar-refractivity contribution is -0.141. The minimum atomic E-state index is 0.185. The number of piperidine rings is 2. The summed E-state index contributed by atoms with van der Waals surface area (Å²) < 4.78 is 0. The van der Waals surface area contributed by atoms with Crippen LogP contribution in [0.5, 0.6) is 0 Å². The smallest absolute Gasteiger partial charge is 0.225 e. The van der Waals surface area contributed by atoms with E-state index >= 15 is 0 Å². The Morgan fingerprint density at radius 3 is 2.76 bits per heavy atom. The highest BCUT2D eigenvalue weighted by molar-refractivity contribution is 5.80. The number of fused-ring (bicyclic) bond motifs is 1. The zero-order valence-corrected chi connectivity index (χ0v) is 10.2. The van der Waals surface area contributed by atoms with Gasteiger partial charge in [0.25, 0.3) is 0 Å². The highest BCUT2D eigenvalue weighted by atomic mass is 16.2. The minimum absolute atomic E-state index is 0.185. The molecule has 4 heteroatoms. The fraction of sp³-hybridized carbons (Fsp3) is 0.846. The number of amides is 2. The minimum Gasteiger partial charge on any atom is -0.353 e. The first-order chi connectivity index (χ1) is 8.24. The molecule has 2 aliphatic heterocycles. The van der Waals surface area contributed by atoms with Gasteiger partial charge in [0.15, 0.2) is 0 Å². The quantitative estimate of drug-likeness (QED) is 0.736. The van der Waals surface area contributed by atoms with E-state index < -0.39 is 0 Å². The van der Waals surface area contributed by atoms with Gasteiger partial charge in [-0.15, -0.1) is 0 Å². The first-order valence-corrected chi connectivity index (χ1v) is 6.82. The molecule has 2 heterocycles. The number of rotatable bonds is 1. The van der Waals surface area contributed by atoms with Crippen LogP contribution in [0.25, 0.3) is 0 Å². The molecule has 2 amide bonds. The summed E-state index contributed by atoms with van der Waals surface area (Å²) in [6, 6.07) is 0.321. The molecule has 94 valence electrons.